The molecular weight excluding hydrogens is 327 g/mol. The molecule has 0 radical (unpaired) electrons. The molecule has 0 heterocycles. The fourth-order valence-corrected chi connectivity index (χ4v) is 1.84. The van der Waals surface area contributed by atoms with Crippen LogP contribution in [0.1, 0.15) is 20.7 Å². The average molecular weight is 337 g/mol. The maximum Gasteiger partial charge on any atom is 0.255 e. The van der Waals surface area contributed by atoms with Crippen molar-refractivity contribution in [3.63, 3.8) is 0 Å². The Kier molecular flexibility index (Phi) is 4.14. The maximum absolute atomic E-state index is 13.4. The van der Waals surface area contributed by atoms with Crippen LogP contribution in [0.3, 0.4) is 0 Å². The van der Waals surface area contributed by atoms with Crippen LogP contribution in [0.4, 0.5) is 10.1 Å². The summed E-state index contributed by atoms with van der Waals surface area (Å²) in [5.41, 5.74) is 6.02. The Bertz CT molecular complexity index is 689. The van der Waals surface area contributed by atoms with E-state index in [0.29, 0.717) is 5.69 Å². The van der Waals surface area contributed by atoms with Gasteiger partial charge in [0, 0.05) is 16.8 Å². The van der Waals surface area contributed by atoms with Crippen molar-refractivity contribution in [1.82, 2.24) is 0 Å². The topological polar surface area (TPSA) is 72.2 Å². The molecule has 0 atom stereocenters. The first-order valence-electron chi connectivity index (χ1n) is 5.63. The summed E-state index contributed by atoms with van der Waals surface area (Å²) in [5, 5.41) is 2.57. The summed E-state index contributed by atoms with van der Waals surface area (Å²) in [6.07, 6.45) is 0. The normalized spacial score (nSPS) is 10.1. The number of nitrogens with one attached hydrogen (secondary N) is 1. The third-order valence-corrected chi connectivity index (χ3v) is 3.23. The standard InChI is InChI=1S/C14H10BrFN2O2/c15-11-5-4-9(7-12(11)16)14(20)18-10-3-1-2-8(6-10)13(17)19/h1-7H,(H2,17,19)(H,18,20). The molecule has 20 heavy (non-hydrogen) atoms. The van der Waals surface area contributed by atoms with Gasteiger partial charge in [0.2, 0.25) is 5.91 Å². The largest absolute Gasteiger partial charge is 0.366 e. The molecule has 0 bridgehead atoms. The molecule has 0 saturated heterocycles. The maximum atomic E-state index is 13.4. The highest BCUT2D eigenvalue weighted by atomic mass is 79.9. The zero-order chi connectivity index (χ0) is 14.7. The molecule has 0 aliphatic heterocycles. The van der Waals surface area contributed by atoms with Crippen molar-refractivity contribution in [1.29, 1.82) is 0 Å². The van der Waals surface area contributed by atoms with Gasteiger partial charge in [-0.2, -0.15) is 0 Å². The third kappa shape index (κ3) is 3.21. The smallest absolute Gasteiger partial charge is 0.255 e. The molecule has 0 spiro atoms. The van der Waals surface area contributed by atoms with Crippen LogP contribution in [0.25, 0.3) is 0 Å². The van der Waals surface area contributed by atoms with Crippen molar-refractivity contribution >= 4 is 33.4 Å². The Morgan fingerprint density at radius 2 is 1.85 bits per heavy atom. The van der Waals surface area contributed by atoms with Gasteiger partial charge in [0.15, 0.2) is 0 Å². The Morgan fingerprint density at radius 1 is 1.10 bits per heavy atom. The fraction of sp³-hybridized carbons (Fsp3) is 0. The highest BCUT2D eigenvalue weighted by Crippen LogP contribution is 2.18. The second-order valence-electron chi connectivity index (χ2n) is 4.03. The van der Waals surface area contributed by atoms with Gasteiger partial charge in [0.05, 0.1) is 4.47 Å². The van der Waals surface area contributed by atoms with Crippen LogP contribution < -0.4 is 11.1 Å². The van der Waals surface area contributed by atoms with Crippen molar-refractivity contribution < 1.29 is 14.0 Å². The molecule has 3 N–H and O–H groups in total. The number of carbonyl (C=O) groups excluding carboxylic acids is 2. The van der Waals surface area contributed by atoms with Gasteiger partial charge in [-0.1, -0.05) is 6.07 Å². The Balaban J connectivity index is 2.21. The molecule has 4 nitrogen and oxygen atoms in total. The molecule has 0 fully saturated rings. The predicted molar refractivity (Wildman–Crippen MR) is 77.0 cm³/mol. The lowest BCUT2D eigenvalue weighted by Crippen LogP contribution is -2.14. The quantitative estimate of drug-likeness (QED) is 0.904. The van der Waals surface area contributed by atoms with E-state index < -0.39 is 17.6 Å². The minimum absolute atomic E-state index is 0.176. The number of anilines is 1. The van der Waals surface area contributed by atoms with Crippen molar-refractivity contribution in [3.8, 4) is 0 Å². The summed E-state index contributed by atoms with van der Waals surface area (Å²) >= 11 is 3.01. The van der Waals surface area contributed by atoms with E-state index in [1.165, 1.54) is 24.3 Å². The highest BCUT2D eigenvalue weighted by Gasteiger charge is 2.10. The second-order valence-corrected chi connectivity index (χ2v) is 4.88. The van der Waals surface area contributed by atoms with Crippen LogP contribution in [-0.2, 0) is 0 Å². The number of nitrogens with two attached hydrogens (primary N) is 1. The lowest BCUT2D eigenvalue weighted by atomic mass is 10.1. The average Bonchev–Trinajstić information content (AvgIpc) is 2.42. The van der Waals surface area contributed by atoms with E-state index in [-0.39, 0.29) is 15.6 Å². The van der Waals surface area contributed by atoms with Gasteiger partial charge in [0.1, 0.15) is 5.82 Å². The van der Waals surface area contributed by atoms with Crippen LogP contribution in [0.5, 0.6) is 0 Å². The summed E-state index contributed by atoms with van der Waals surface area (Å²) in [6, 6.07) is 10.3. The molecule has 0 saturated carbocycles. The van der Waals surface area contributed by atoms with Gasteiger partial charge >= 0.3 is 0 Å². The first-order chi connectivity index (χ1) is 9.47. The Labute approximate surface area is 122 Å². The molecule has 0 aromatic heterocycles. The zero-order valence-corrected chi connectivity index (χ0v) is 11.8. The van der Waals surface area contributed by atoms with Crippen molar-refractivity contribution in [2.75, 3.05) is 5.32 Å². The monoisotopic (exact) mass is 336 g/mol. The molecular formula is C14H10BrFN2O2. The van der Waals surface area contributed by atoms with Crippen molar-refractivity contribution in [2.24, 2.45) is 5.73 Å². The van der Waals surface area contributed by atoms with E-state index in [1.807, 2.05) is 0 Å². The number of rotatable bonds is 3. The minimum atomic E-state index is -0.587. The molecule has 2 amide bonds. The van der Waals surface area contributed by atoms with Crippen LogP contribution in [0.2, 0.25) is 0 Å². The van der Waals surface area contributed by atoms with Gasteiger partial charge in [-0.05, 0) is 52.3 Å². The molecule has 0 aliphatic carbocycles. The molecule has 0 unspecified atom stereocenters. The first-order valence-corrected chi connectivity index (χ1v) is 6.43. The Hall–Kier alpha value is -2.21. The number of hydrogen-bond acceptors (Lipinski definition) is 2. The molecule has 2 aromatic carbocycles. The number of halogens is 2. The number of carbonyl (C=O) groups is 2. The minimum Gasteiger partial charge on any atom is -0.366 e. The van der Waals surface area contributed by atoms with Crippen LogP contribution in [0, 0.1) is 5.82 Å². The lowest BCUT2D eigenvalue weighted by molar-refractivity contribution is 0.0996. The van der Waals surface area contributed by atoms with Crippen LogP contribution in [0.15, 0.2) is 46.9 Å². The predicted octanol–water partition coefficient (Wildman–Crippen LogP) is 2.94. The zero-order valence-electron chi connectivity index (χ0n) is 10.2. The number of benzene rings is 2. The van der Waals surface area contributed by atoms with Crippen LogP contribution in [-0.4, -0.2) is 11.8 Å². The summed E-state index contributed by atoms with van der Waals surface area (Å²) in [6.45, 7) is 0. The molecule has 2 aromatic rings. The third-order valence-electron chi connectivity index (χ3n) is 2.59. The van der Waals surface area contributed by atoms with Gasteiger partial charge in [-0.3, -0.25) is 9.59 Å². The summed E-state index contributed by atoms with van der Waals surface area (Å²) < 4.78 is 13.6. The summed E-state index contributed by atoms with van der Waals surface area (Å²) in [4.78, 5) is 23.0. The highest BCUT2D eigenvalue weighted by molar-refractivity contribution is 9.10. The van der Waals surface area contributed by atoms with Crippen molar-refractivity contribution in [2.45, 2.75) is 0 Å². The van der Waals surface area contributed by atoms with E-state index in [1.54, 1.807) is 12.1 Å². The van der Waals surface area contributed by atoms with Gasteiger partial charge < -0.3 is 11.1 Å². The fourth-order valence-electron chi connectivity index (χ4n) is 1.59. The molecule has 6 heteroatoms. The van der Waals surface area contributed by atoms with E-state index in [2.05, 4.69) is 21.2 Å². The second kappa shape index (κ2) is 5.83. The summed E-state index contributed by atoms with van der Waals surface area (Å²) in [7, 11) is 0. The lowest BCUT2D eigenvalue weighted by Gasteiger charge is -2.07. The van der Waals surface area contributed by atoms with Gasteiger partial charge in [0.25, 0.3) is 5.91 Å². The van der Waals surface area contributed by atoms with E-state index in [0.717, 1.165) is 6.07 Å². The number of primary amides is 1. The van der Waals surface area contributed by atoms with Gasteiger partial charge in [-0.15, -0.1) is 0 Å². The van der Waals surface area contributed by atoms with E-state index >= 15 is 0 Å². The number of hydrogen-bond donors (Lipinski definition) is 2. The number of amides is 2. The van der Waals surface area contributed by atoms with Gasteiger partial charge in [-0.25, -0.2) is 4.39 Å². The van der Waals surface area contributed by atoms with Crippen LogP contribution >= 0.6 is 15.9 Å². The van der Waals surface area contributed by atoms with Crippen molar-refractivity contribution in [3.05, 3.63) is 63.9 Å². The molecule has 0 aliphatic rings. The first kappa shape index (κ1) is 14.2. The molecule has 2 rings (SSSR count). The molecule has 102 valence electrons. The SMILES string of the molecule is NC(=O)c1cccc(NC(=O)c2ccc(Br)c(F)c2)c1. The summed E-state index contributed by atoms with van der Waals surface area (Å²) in [5.74, 6) is -1.59. The Morgan fingerprint density at radius 3 is 2.50 bits per heavy atom. The van der Waals surface area contributed by atoms with E-state index in [4.69, 9.17) is 5.73 Å². The van der Waals surface area contributed by atoms with E-state index in [9.17, 15) is 14.0 Å².